The number of nitrogens with one attached hydrogen (secondary N) is 1. The Morgan fingerprint density at radius 1 is 1.35 bits per heavy atom. The van der Waals surface area contributed by atoms with Gasteiger partial charge in [-0.2, -0.15) is 0 Å². The highest BCUT2D eigenvalue weighted by Crippen LogP contribution is 2.37. The molecular formula is C19H22BrClFNO3. The lowest BCUT2D eigenvalue weighted by Crippen LogP contribution is -2.31. The van der Waals surface area contributed by atoms with E-state index in [1.165, 1.54) is 6.07 Å². The Morgan fingerprint density at radius 2 is 2.12 bits per heavy atom. The minimum absolute atomic E-state index is 0.0134. The smallest absolute Gasteiger partial charge is 0.175 e. The Hall–Kier alpha value is -1.34. The van der Waals surface area contributed by atoms with Crippen molar-refractivity contribution in [3.05, 3.63) is 56.8 Å². The number of ether oxygens (including phenoxy) is 2. The Morgan fingerprint density at radius 3 is 2.73 bits per heavy atom. The van der Waals surface area contributed by atoms with Crippen LogP contribution in [0.5, 0.6) is 11.5 Å². The minimum atomic E-state index is -0.414. The Kier molecular flexibility index (Phi) is 8.15. The van der Waals surface area contributed by atoms with Gasteiger partial charge in [0.1, 0.15) is 12.4 Å². The van der Waals surface area contributed by atoms with Crippen molar-refractivity contribution >= 4 is 27.5 Å². The standard InChI is InChI=1S/C19H22BrClFNO3/c1-3-13(10-24)23-9-12-7-15(20)19(18(8-12)25-2)26-11-14-16(21)5-4-6-17(14)22/h4-8,13,23-24H,3,9-11H2,1-2H3/t13-/m0/s1. The molecule has 0 unspecified atom stereocenters. The second kappa shape index (κ2) is 10.1. The minimum Gasteiger partial charge on any atom is -0.493 e. The van der Waals surface area contributed by atoms with Crippen LogP contribution in [0.15, 0.2) is 34.8 Å². The average molecular weight is 447 g/mol. The van der Waals surface area contributed by atoms with Gasteiger partial charge in [0.15, 0.2) is 11.5 Å². The van der Waals surface area contributed by atoms with Crippen LogP contribution in [0.1, 0.15) is 24.5 Å². The van der Waals surface area contributed by atoms with Crippen molar-refractivity contribution in [1.82, 2.24) is 5.32 Å². The van der Waals surface area contributed by atoms with Gasteiger partial charge in [0.25, 0.3) is 0 Å². The summed E-state index contributed by atoms with van der Waals surface area (Å²) >= 11 is 9.52. The highest BCUT2D eigenvalue weighted by molar-refractivity contribution is 9.10. The molecule has 0 bridgehead atoms. The molecule has 0 aliphatic rings. The van der Waals surface area contributed by atoms with Gasteiger partial charge < -0.3 is 19.9 Å². The van der Waals surface area contributed by atoms with Crippen molar-refractivity contribution in [2.45, 2.75) is 32.5 Å². The lowest BCUT2D eigenvalue weighted by Gasteiger charge is -2.17. The highest BCUT2D eigenvalue weighted by atomic mass is 79.9. The summed E-state index contributed by atoms with van der Waals surface area (Å²) in [7, 11) is 1.55. The van der Waals surface area contributed by atoms with Gasteiger partial charge in [-0.05, 0) is 52.2 Å². The van der Waals surface area contributed by atoms with Crippen LogP contribution < -0.4 is 14.8 Å². The Bertz CT molecular complexity index is 721. The van der Waals surface area contributed by atoms with Crippen LogP contribution in [0, 0.1) is 5.82 Å². The van der Waals surface area contributed by atoms with Gasteiger partial charge in [0.05, 0.1) is 23.2 Å². The molecule has 2 aromatic rings. The van der Waals surface area contributed by atoms with Crippen molar-refractivity contribution in [3.8, 4) is 11.5 Å². The molecule has 7 heteroatoms. The fraction of sp³-hybridized carbons (Fsp3) is 0.368. The molecule has 0 saturated carbocycles. The number of benzene rings is 2. The van der Waals surface area contributed by atoms with Crippen LogP contribution in [-0.4, -0.2) is 24.9 Å². The molecule has 0 aliphatic carbocycles. The van der Waals surface area contributed by atoms with Crippen LogP contribution in [0.25, 0.3) is 0 Å². The van der Waals surface area contributed by atoms with E-state index in [0.29, 0.717) is 33.1 Å². The molecule has 0 fully saturated rings. The van der Waals surface area contributed by atoms with Crippen LogP contribution in [0.2, 0.25) is 5.02 Å². The summed E-state index contributed by atoms with van der Waals surface area (Å²) in [6.07, 6.45) is 0.833. The van der Waals surface area contributed by atoms with Crippen LogP contribution >= 0.6 is 27.5 Å². The molecule has 0 heterocycles. The second-order valence-corrected chi connectivity index (χ2v) is 7.03. The molecule has 0 saturated heterocycles. The van der Waals surface area contributed by atoms with Crippen molar-refractivity contribution in [2.75, 3.05) is 13.7 Å². The molecule has 2 rings (SSSR count). The fourth-order valence-electron chi connectivity index (χ4n) is 2.43. The number of aliphatic hydroxyl groups excluding tert-OH is 1. The Labute approximate surface area is 166 Å². The zero-order valence-corrected chi connectivity index (χ0v) is 17.0. The molecule has 2 N–H and O–H groups in total. The van der Waals surface area contributed by atoms with Crippen molar-refractivity contribution in [3.63, 3.8) is 0 Å². The van der Waals surface area contributed by atoms with Crippen LogP contribution in [-0.2, 0) is 13.2 Å². The molecule has 1 atom stereocenters. The third kappa shape index (κ3) is 5.33. The first-order chi connectivity index (χ1) is 12.5. The first-order valence-corrected chi connectivity index (χ1v) is 9.43. The third-order valence-electron chi connectivity index (χ3n) is 4.02. The topological polar surface area (TPSA) is 50.7 Å². The quantitative estimate of drug-likeness (QED) is 0.587. The summed E-state index contributed by atoms with van der Waals surface area (Å²) in [4.78, 5) is 0. The zero-order chi connectivity index (χ0) is 19.1. The van der Waals surface area contributed by atoms with Gasteiger partial charge in [0.2, 0.25) is 0 Å². The lowest BCUT2D eigenvalue weighted by atomic mass is 10.1. The summed E-state index contributed by atoms with van der Waals surface area (Å²) in [6, 6.07) is 8.30. The predicted molar refractivity (Wildman–Crippen MR) is 104 cm³/mol. The van der Waals surface area contributed by atoms with Gasteiger partial charge in [-0.1, -0.05) is 24.6 Å². The maximum absolute atomic E-state index is 13.9. The normalized spacial score (nSPS) is 12.1. The van der Waals surface area contributed by atoms with E-state index in [1.54, 1.807) is 19.2 Å². The number of hydrogen-bond donors (Lipinski definition) is 2. The van der Waals surface area contributed by atoms with Crippen molar-refractivity contribution in [1.29, 1.82) is 0 Å². The number of halogens is 3. The van der Waals surface area contributed by atoms with E-state index in [-0.39, 0.29) is 19.3 Å². The van der Waals surface area contributed by atoms with Gasteiger partial charge in [-0.25, -0.2) is 4.39 Å². The van der Waals surface area contributed by atoms with Gasteiger partial charge in [-0.3, -0.25) is 0 Å². The SMILES string of the molecule is CC[C@@H](CO)NCc1cc(Br)c(OCc2c(F)cccc2Cl)c(OC)c1. The summed E-state index contributed by atoms with van der Waals surface area (Å²) in [5, 5.41) is 12.9. The molecule has 0 aromatic heterocycles. The molecule has 0 spiro atoms. The average Bonchev–Trinajstić information content (AvgIpc) is 2.63. The maximum atomic E-state index is 13.9. The van der Waals surface area contributed by atoms with E-state index < -0.39 is 5.82 Å². The summed E-state index contributed by atoms with van der Waals surface area (Å²) in [5.74, 6) is 0.591. The number of methoxy groups -OCH3 is 1. The highest BCUT2D eigenvalue weighted by Gasteiger charge is 2.15. The van der Waals surface area contributed by atoms with Gasteiger partial charge >= 0.3 is 0 Å². The third-order valence-corrected chi connectivity index (χ3v) is 4.96. The molecule has 26 heavy (non-hydrogen) atoms. The van der Waals surface area contributed by atoms with E-state index in [1.807, 2.05) is 19.1 Å². The number of aliphatic hydroxyl groups is 1. The van der Waals surface area contributed by atoms with E-state index in [9.17, 15) is 9.50 Å². The largest absolute Gasteiger partial charge is 0.493 e. The first-order valence-electron chi connectivity index (χ1n) is 8.26. The Balaban J connectivity index is 2.16. The molecule has 142 valence electrons. The summed E-state index contributed by atoms with van der Waals surface area (Å²) < 4.78 is 25.8. The van der Waals surface area contributed by atoms with Crippen molar-refractivity contribution < 1.29 is 19.0 Å². The number of hydrogen-bond acceptors (Lipinski definition) is 4. The van der Waals surface area contributed by atoms with Crippen molar-refractivity contribution in [2.24, 2.45) is 0 Å². The predicted octanol–water partition coefficient (Wildman–Crippen LogP) is 4.69. The van der Waals surface area contributed by atoms with Crippen LogP contribution in [0.3, 0.4) is 0 Å². The fourth-order valence-corrected chi connectivity index (χ4v) is 3.25. The monoisotopic (exact) mass is 445 g/mol. The van der Waals surface area contributed by atoms with Gasteiger partial charge in [0, 0.05) is 18.2 Å². The molecule has 0 aliphatic heterocycles. The lowest BCUT2D eigenvalue weighted by molar-refractivity contribution is 0.238. The molecular weight excluding hydrogens is 425 g/mol. The van der Waals surface area contributed by atoms with Crippen LogP contribution in [0.4, 0.5) is 4.39 Å². The summed E-state index contributed by atoms with van der Waals surface area (Å²) in [5.41, 5.74) is 1.26. The molecule has 2 aromatic carbocycles. The first kappa shape index (κ1) is 21.0. The van der Waals surface area contributed by atoms with Gasteiger partial charge in [-0.15, -0.1) is 0 Å². The van der Waals surface area contributed by atoms with E-state index in [4.69, 9.17) is 21.1 Å². The number of rotatable bonds is 9. The zero-order valence-electron chi connectivity index (χ0n) is 14.7. The maximum Gasteiger partial charge on any atom is 0.175 e. The molecule has 0 amide bonds. The second-order valence-electron chi connectivity index (χ2n) is 5.77. The van der Waals surface area contributed by atoms with E-state index in [0.717, 1.165) is 12.0 Å². The molecule has 4 nitrogen and oxygen atoms in total. The summed E-state index contributed by atoms with van der Waals surface area (Å²) in [6.45, 7) is 2.66. The molecule has 0 radical (unpaired) electrons. The van der Waals surface area contributed by atoms with E-state index >= 15 is 0 Å². The van der Waals surface area contributed by atoms with E-state index in [2.05, 4.69) is 21.2 Å².